The summed E-state index contributed by atoms with van der Waals surface area (Å²) in [5.74, 6) is -0.425. The monoisotopic (exact) mass is 222 g/mol. The highest BCUT2D eigenvalue weighted by Crippen LogP contribution is 2.00. The molecule has 4 nitrogen and oxygen atoms in total. The highest BCUT2D eigenvalue weighted by Gasteiger charge is 2.09. The fourth-order valence-corrected chi connectivity index (χ4v) is 1.16. The highest BCUT2D eigenvalue weighted by molar-refractivity contribution is 6.64. The lowest BCUT2D eigenvalue weighted by molar-refractivity contribution is -0.0274. The second-order valence-electron chi connectivity index (χ2n) is 3.34. The molecule has 0 radical (unpaired) electrons. The van der Waals surface area contributed by atoms with Gasteiger partial charge in [-0.3, -0.25) is 0 Å². The van der Waals surface area contributed by atoms with Crippen LogP contribution in [0.2, 0.25) is 6.82 Å². The molecule has 16 heavy (non-hydrogen) atoms. The Labute approximate surface area is 95.3 Å². The van der Waals surface area contributed by atoms with Crippen LogP contribution >= 0.6 is 0 Å². The van der Waals surface area contributed by atoms with Crippen molar-refractivity contribution < 1.29 is 19.3 Å². The minimum atomic E-state index is -0.534. The molecule has 0 aliphatic carbocycles. The molecule has 0 aliphatic heterocycles. The first-order valence-electron chi connectivity index (χ1n) is 5.18. The maximum atomic E-state index is 11.4. The molecule has 5 heteroatoms. The molecule has 0 heterocycles. The number of benzene rings is 1. The van der Waals surface area contributed by atoms with Gasteiger partial charge in [0.1, 0.15) is 0 Å². The lowest BCUT2D eigenvalue weighted by Gasteiger charge is -2.05. The number of rotatable bonds is 5. The molecule has 0 unspecified atom stereocenters. The largest absolute Gasteiger partial charge is 0.447 e. The van der Waals surface area contributed by atoms with Crippen LogP contribution in [0.5, 0.6) is 0 Å². The van der Waals surface area contributed by atoms with Gasteiger partial charge in [-0.2, -0.15) is 0 Å². The number of ether oxygens (including phenoxy) is 2. The summed E-state index contributed by atoms with van der Waals surface area (Å²) >= 11 is 0. The Balaban J connectivity index is 2.56. The third kappa shape index (κ3) is 3.68. The molecule has 1 N–H and O–H groups in total. The van der Waals surface area contributed by atoms with E-state index >= 15 is 0 Å². The lowest BCUT2D eigenvalue weighted by atomic mass is 9.64. The quantitative estimate of drug-likeness (QED) is 0.344. The van der Waals surface area contributed by atoms with Crippen LogP contribution in [-0.4, -0.2) is 31.3 Å². The van der Waals surface area contributed by atoms with Crippen LogP contribution in [0.4, 0.5) is 0 Å². The highest BCUT2D eigenvalue weighted by atomic mass is 16.7. The van der Waals surface area contributed by atoms with Crippen LogP contribution in [0.3, 0.4) is 0 Å². The maximum absolute atomic E-state index is 11.4. The molecule has 0 aromatic heterocycles. The molecule has 86 valence electrons. The summed E-state index contributed by atoms with van der Waals surface area (Å²) in [6, 6.07) is 6.64. The Bertz CT molecular complexity index is 334. The molecule has 0 atom stereocenters. The van der Waals surface area contributed by atoms with Crippen molar-refractivity contribution in [3.05, 3.63) is 29.8 Å². The Hall–Kier alpha value is -1.33. The zero-order valence-electron chi connectivity index (χ0n) is 9.47. The van der Waals surface area contributed by atoms with Gasteiger partial charge in [0.2, 0.25) is 0 Å². The Morgan fingerprint density at radius 3 is 2.50 bits per heavy atom. The van der Waals surface area contributed by atoms with Gasteiger partial charge in [0.25, 0.3) is 0 Å². The normalized spacial score (nSPS) is 9.94. The van der Waals surface area contributed by atoms with Crippen molar-refractivity contribution in [3.8, 4) is 0 Å². The van der Waals surface area contributed by atoms with Crippen LogP contribution in [0.15, 0.2) is 24.3 Å². The number of carbonyl (C=O) groups is 1. The Kier molecular flexibility index (Phi) is 5.02. The van der Waals surface area contributed by atoms with Crippen LogP contribution < -0.4 is 5.46 Å². The van der Waals surface area contributed by atoms with Crippen molar-refractivity contribution >= 4 is 18.3 Å². The SMILES string of the molecule is CCOCOC(=O)c1ccc(B(C)O)cc1. The van der Waals surface area contributed by atoms with Crippen molar-refractivity contribution in [3.63, 3.8) is 0 Å². The van der Waals surface area contributed by atoms with Gasteiger partial charge in [0, 0.05) is 6.61 Å². The van der Waals surface area contributed by atoms with Gasteiger partial charge < -0.3 is 14.5 Å². The van der Waals surface area contributed by atoms with Crippen LogP contribution in [0.1, 0.15) is 17.3 Å². The first kappa shape index (κ1) is 12.7. The molecule has 0 saturated heterocycles. The maximum Gasteiger partial charge on any atom is 0.340 e. The summed E-state index contributed by atoms with van der Waals surface area (Å²) in [7, 11) is 0. The minimum Gasteiger partial charge on any atom is -0.447 e. The van der Waals surface area contributed by atoms with E-state index in [-0.39, 0.29) is 6.79 Å². The van der Waals surface area contributed by atoms with Gasteiger partial charge in [0.05, 0.1) is 5.56 Å². The first-order chi connectivity index (χ1) is 7.65. The Morgan fingerprint density at radius 2 is 2.00 bits per heavy atom. The molecule has 0 bridgehead atoms. The summed E-state index contributed by atoms with van der Waals surface area (Å²) in [5.41, 5.74) is 1.21. The second-order valence-corrected chi connectivity index (χ2v) is 3.34. The minimum absolute atomic E-state index is 0.0342. The van der Waals surface area contributed by atoms with E-state index in [1.54, 1.807) is 31.1 Å². The van der Waals surface area contributed by atoms with Gasteiger partial charge >= 0.3 is 12.9 Å². The van der Waals surface area contributed by atoms with Gasteiger partial charge in [-0.25, -0.2) is 4.79 Å². The smallest absolute Gasteiger partial charge is 0.340 e. The summed E-state index contributed by atoms with van der Waals surface area (Å²) in [6.45, 7) is 3.43. The van der Waals surface area contributed by atoms with E-state index in [0.29, 0.717) is 12.2 Å². The van der Waals surface area contributed by atoms with Gasteiger partial charge in [0.15, 0.2) is 6.79 Å². The van der Waals surface area contributed by atoms with Gasteiger partial charge in [-0.15, -0.1) is 0 Å². The predicted molar refractivity (Wildman–Crippen MR) is 61.8 cm³/mol. The molecule has 0 spiro atoms. The van der Waals surface area contributed by atoms with Crippen molar-refractivity contribution in [1.82, 2.24) is 0 Å². The molecular weight excluding hydrogens is 207 g/mol. The fraction of sp³-hybridized carbons (Fsp3) is 0.364. The van der Waals surface area contributed by atoms with Gasteiger partial charge in [-0.1, -0.05) is 19.0 Å². The average Bonchev–Trinajstić information content (AvgIpc) is 2.29. The molecule has 1 rings (SSSR count). The summed E-state index contributed by atoms with van der Waals surface area (Å²) < 4.78 is 9.75. The third-order valence-electron chi connectivity index (χ3n) is 2.11. The molecular formula is C11H15BO4. The van der Waals surface area contributed by atoms with E-state index in [9.17, 15) is 9.82 Å². The van der Waals surface area contributed by atoms with E-state index in [1.807, 2.05) is 6.92 Å². The number of carbonyl (C=O) groups excluding carboxylic acids is 1. The molecule has 1 aromatic rings. The van der Waals surface area contributed by atoms with Crippen molar-refractivity contribution in [1.29, 1.82) is 0 Å². The molecule has 0 fully saturated rings. The van der Waals surface area contributed by atoms with Crippen LogP contribution in [0, 0.1) is 0 Å². The van der Waals surface area contributed by atoms with E-state index in [1.165, 1.54) is 0 Å². The Morgan fingerprint density at radius 1 is 1.38 bits per heavy atom. The van der Waals surface area contributed by atoms with Gasteiger partial charge in [-0.05, 0) is 24.5 Å². The third-order valence-corrected chi connectivity index (χ3v) is 2.11. The van der Waals surface area contributed by atoms with Crippen LogP contribution in [-0.2, 0) is 9.47 Å². The predicted octanol–water partition coefficient (Wildman–Crippen LogP) is 0.658. The van der Waals surface area contributed by atoms with E-state index < -0.39 is 12.9 Å². The number of hydrogen-bond acceptors (Lipinski definition) is 4. The average molecular weight is 222 g/mol. The number of hydrogen-bond donors (Lipinski definition) is 1. The summed E-state index contributed by atoms with van der Waals surface area (Å²) in [5, 5.41) is 9.29. The van der Waals surface area contributed by atoms with Crippen molar-refractivity contribution in [2.75, 3.05) is 13.4 Å². The first-order valence-corrected chi connectivity index (χ1v) is 5.18. The zero-order chi connectivity index (χ0) is 12.0. The summed E-state index contributed by atoms with van der Waals surface area (Å²) in [6.07, 6.45) is 0. The molecule has 0 aliphatic rings. The summed E-state index contributed by atoms with van der Waals surface area (Å²) in [4.78, 5) is 11.4. The van der Waals surface area contributed by atoms with E-state index in [4.69, 9.17) is 9.47 Å². The van der Waals surface area contributed by atoms with Crippen molar-refractivity contribution in [2.24, 2.45) is 0 Å². The second kappa shape index (κ2) is 6.30. The van der Waals surface area contributed by atoms with E-state index in [2.05, 4.69) is 0 Å². The van der Waals surface area contributed by atoms with Crippen molar-refractivity contribution in [2.45, 2.75) is 13.7 Å². The lowest BCUT2D eigenvalue weighted by Crippen LogP contribution is -2.26. The molecule has 0 saturated carbocycles. The molecule has 1 aromatic carbocycles. The standard InChI is InChI=1S/C11H15BO4/c1-3-15-8-16-11(13)9-4-6-10(7-5-9)12(2)14/h4-7,14H,3,8H2,1-2H3. The molecule has 0 amide bonds. The zero-order valence-corrected chi connectivity index (χ0v) is 9.47. The van der Waals surface area contributed by atoms with Crippen LogP contribution in [0.25, 0.3) is 0 Å². The number of esters is 1. The van der Waals surface area contributed by atoms with E-state index in [0.717, 1.165) is 5.46 Å². The fourth-order valence-electron chi connectivity index (χ4n) is 1.16. The topological polar surface area (TPSA) is 55.8 Å².